The van der Waals surface area contributed by atoms with Crippen LogP contribution in [-0.2, 0) is 15.5 Å². The molecule has 10 aromatic rings. The fourth-order valence-electron chi connectivity index (χ4n) is 14.6. The molecule has 3 aliphatic carbocycles. The van der Waals surface area contributed by atoms with Crippen LogP contribution < -0.4 is 0 Å². The van der Waals surface area contributed by atoms with Crippen LogP contribution in [0.5, 0.6) is 0 Å². The molecule has 0 aromatic heterocycles. The minimum atomic E-state index is -1.87. The van der Waals surface area contributed by atoms with Gasteiger partial charge in [-0.3, -0.25) is 0 Å². The molecule has 3 aliphatic rings. The third-order valence-electron chi connectivity index (χ3n) is 17.2. The Labute approximate surface area is 398 Å². The molecule has 0 unspecified atom stereocenters. The first-order chi connectivity index (χ1) is 32.0. The molecule has 0 saturated carbocycles. The van der Waals surface area contributed by atoms with Gasteiger partial charge < -0.3 is 0 Å². The lowest BCUT2D eigenvalue weighted by Gasteiger charge is -2.51. The Balaban J connectivity index is 1.09. The molecule has 0 fully saturated rings. The fraction of sp³-hybridized carbons (Fsp3) is 0.200. The van der Waals surface area contributed by atoms with E-state index in [1.807, 2.05) is 0 Å². The number of fused-ring (bicyclic) bond motifs is 9. The average Bonchev–Trinajstić information content (AvgIpc) is 3.85. The van der Waals surface area contributed by atoms with Gasteiger partial charge in [0.25, 0.3) is 0 Å². The monoisotopic (exact) mass is 894 g/mol. The second kappa shape index (κ2) is 13.4. The first kappa shape index (κ1) is 40.9. The molecule has 0 atom stereocenters. The van der Waals surface area contributed by atoms with Crippen molar-refractivity contribution in [2.24, 2.45) is 0 Å². The van der Waals surface area contributed by atoms with E-state index in [0.717, 1.165) is 0 Å². The first-order valence-corrected chi connectivity index (χ1v) is 31.5. The van der Waals surface area contributed by atoms with Crippen LogP contribution in [0.25, 0.3) is 99.1 Å². The lowest BCUT2D eigenvalue weighted by Crippen LogP contribution is -2.63. The van der Waals surface area contributed by atoms with E-state index in [9.17, 15) is 0 Å². The van der Waals surface area contributed by atoms with Crippen LogP contribution in [0.4, 0.5) is 0 Å². The Hall–Kier alpha value is -6.33. The van der Waals surface area contributed by atoms with Crippen molar-refractivity contribution < 1.29 is 0 Å². The van der Waals surface area contributed by atoms with Gasteiger partial charge >= 0.3 is 0 Å². The molecule has 13 rings (SSSR count). The Bertz CT molecular complexity index is 3760. The molecule has 0 nitrogen and oxygen atoms in total. The van der Waals surface area contributed by atoms with Crippen LogP contribution in [-0.4, -0.2) is 16.1 Å². The van der Waals surface area contributed by atoms with E-state index >= 15 is 0 Å². The Morgan fingerprint density at radius 3 is 1.15 bits per heavy atom. The molecule has 0 bridgehead atoms. The van der Waals surface area contributed by atoms with Gasteiger partial charge in [0.05, 0.1) is 16.1 Å². The van der Waals surface area contributed by atoms with Crippen LogP contribution in [0.15, 0.2) is 170 Å². The molecular formula is C65H58Si2. The van der Waals surface area contributed by atoms with Crippen molar-refractivity contribution in [3.05, 3.63) is 203 Å². The molecule has 0 heterocycles. The van der Waals surface area contributed by atoms with Crippen molar-refractivity contribution in [3.8, 4) is 66.8 Å². The molecule has 326 valence electrons. The summed E-state index contributed by atoms with van der Waals surface area (Å²) in [5.74, 6) is 0. The second-order valence-electron chi connectivity index (χ2n) is 23.2. The predicted molar refractivity (Wildman–Crippen MR) is 294 cm³/mol. The van der Waals surface area contributed by atoms with E-state index in [1.54, 1.807) is 11.1 Å². The van der Waals surface area contributed by atoms with E-state index < -0.39 is 16.1 Å². The summed E-state index contributed by atoms with van der Waals surface area (Å²) in [4.78, 5) is 0. The quantitative estimate of drug-likeness (QED) is 0.119. The van der Waals surface area contributed by atoms with Gasteiger partial charge in [-0.2, -0.15) is 0 Å². The highest BCUT2D eigenvalue weighted by Gasteiger charge is 2.59. The predicted octanol–water partition coefficient (Wildman–Crippen LogP) is 18.2. The highest BCUT2D eigenvalue weighted by atomic mass is 28.4. The molecule has 0 amide bonds. The van der Waals surface area contributed by atoms with E-state index in [2.05, 4.69) is 237 Å². The number of hydrogen-bond acceptors (Lipinski definition) is 0. The van der Waals surface area contributed by atoms with Crippen molar-refractivity contribution in [1.29, 1.82) is 0 Å². The summed E-state index contributed by atoms with van der Waals surface area (Å²) < 4.78 is 0.0653. The average molecular weight is 895 g/mol. The summed E-state index contributed by atoms with van der Waals surface area (Å²) in [7, 11) is -3.74. The van der Waals surface area contributed by atoms with Crippen LogP contribution in [0.1, 0.15) is 61.1 Å². The molecule has 0 spiro atoms. The maximum Gasteiger partial charge on any atom is 0.0579 e. The van der Waals surface area contributed by atoms with Gasteiger partial charge in [0, 0.05) is 15.5 Å². The van der Waals surface area contributed by atoms with Gasteiger partial charge in [0.2, 0.25) is 0 Å². The van der Waals surface area contributed by atoms with Crippen molar-refractivity contribution in [2.45, 2.75) is 82.5 Å². The zero-order chi connectivity index (χ0) is 46.2. The minimum Gasteiger partial charge on any atom is -0.0688 e. The Morgan fingerprint density at radius 1 is 0.284 bits per heavy atom. The van der Waals surface area contributed by atoms with E-state index in [0.29, 0.717) is 0 Å². The first-order valence-electron chi connectivity index (χ1n) is 24.5. The molecule has 67 heavy (non-hydrogen) atoms. The van der Waals surface area contributed by atoms with Crippen LogP contribution >= 0.6 is 0 Å². The van der Waals surface area contributed by atoms with Crippen LogP contribution in [0.3, 0.4) is 0 Å². The summed E-state index contributed by atoms with van der Waals surface area (Å²) >= 11 is 0. The summed E-state index contributed by atoms with van der Waals surface area (Å²) in [6.07, 6.45) is 0. The summed E-state index contributed by atoms with van der Waals surface area (Å²) in [5.41, 5.74) is 24.8. The van der Waals surface area contributed by atoms with Gasteiger partial charge in [-0.1, -0.05) is 219 Å². The summed E-state index contributed by atoms with van der Waals surface area (Å²) in [5, 5.41) is 7.99. The van der Waals surface area contributed by atoms with Crippen LogP contribution in [0.2, 0.25) is 39.3 Å². The lowest BCUT2D eigenvalue weighted by atomic mass is 9.80. The molecular weight excluding hydrogens is 837 g/mol. The Morgan fingerprint density at radius 2 is 0.642 bits per heavy atom. The van der Waals surface area contributed by atoms with Gasteiger partial charge in [0.15, 0.2) is 0 Å². The van der Waals surface area contributed by atoms with Crippen molar-refractivity contribution >= 4 is 48.5 Å². The highest BCUT2D eigenvalue weighted by molar-refractivity contribution is 6.99. The smallest absolute Gasteiger partial charge is 0.0579 e. The van der Waals surface area contributed by atoms with Crippen molar-refractivity contribution in [3.63, 3.8) is 0 Å². The topological polar surface area (TPSA) is 0 Å². The van der Waals surface area contributed by atoms with Crippen molar-refractivity contribution in [1.82, 2.24) is 0 Å². The Kier molecular flexibility index (Phi) is 8.20. The normalized spacial score (nSPS) is 16.0. The standard InChI is InChI=1S/C65H58Si2/c1-63(2)55-20-14-11-17-44(55)47-29-25-40(35-58(47)63)43-28-23-39-24-32-51-53(41-26-30-48-45-18-12-15-21-56(45)64(3,4)59(48)36-41)38-54(52-34-33-50(43)61(39)62(51)52)42-27-31-49-46-19-13-16-22-57(46)65(60(49)37-42,66(5,6)7)67(8,9)10/h11-38H,1-10H3. The maximum absolute atomic E-state index is 2.67. The molecule has 0 N–H and O–H groups in total. The van der Waals surface area contributed by atoms with Crippen LogP contribution in [0, 0.1) is 0 Å². The molecule has 0 saturated heterocycles. The molecule has 0 radical (unpaired) electrons. The van der Waals surface area contributed by atoms with Gasteiger partial charge in [-0.25, -0.2) is 0 Å². The highest BCUT2D eigenvalue weighted by Crippen LogP contribution is 2.59. The largest absolute Gasteiger partial charge is 0.0688 e. The van der Waals surface area contributed by atoms with Gasteiger partial charge in [0.1, 0.15) is 0 Å². The summed E-state index contributed by atoms with van der Waals surface area (Å²) in [6, 6.07) is 66.7. The zero-order valence-corrected chi connectivity index (χ0v) is 42.7. The number of rotatable bonds is 5. The lowest BCUT2D eigenvalue weighted by molar-refractivity contribution is 0.660. The van der Waals surface area contributed by atoms with Crippen molar-refractivity contribution in [2.75, 3.05) is 0 Å². The third kappa shape index (κ3) is 5.24. The van der Waals surface area contributed by atoms with E-state index in [4.69, 9.17) is 0 Å². The maximum atomic E-state index is 2.67. The second-order valence-corrected chi connectivity index (χ2v) is 34.2. The van der Waals surface area contributed by atoms with Gasteiger partial charge in [-0.15, -0.1) is 0 Å². The molecule has 0 aliphatic heterocycles. The van der Waals surface area contributed by atoms with Gasteiger partial charge in [-0.05, 0) is 151 Å². The summed E-state index contributed by atoms with van der Waals surface area (Å²) in [6.45, 7) is 25.4. The zero-order valence-electron chi connectivity index (χ0n) is 40.7. The number of benzene rings is 10. The molecule has 10 aromatic carbocycles. The minimum absolute atomic E-state index is 0.0653. The fourth-order valence-corrected chi connectivity index (χ4v) is 27.6. The van der Waals surface area contributed by atoms with E-state index in [1.165, 1.54) is 121 Å². The SMILES string of the molecule is CC1(C)c2ccccc2-c2ccc(-c3ccc4ccc5c(-c6ccc7c(c6)C(C)(C)c6ccccc6-7)cc(-c6ccc7c(c6)C([Si](C)(C)C)([Si](C)(C)C)c6ccccc6-7)c6ccc3c4c56)cc21. The van der Waals surface area contributed by atoms with E-state index in [-0.39, 0.29) is 15.5 Å². The molecule has 2 heteroatoms. The third-order valence-corrected chi connectivity index (χ3v) is 27.3. The number of hydrogen-bond donors (Lipinski definition) is 0.